The number of esters is 1. The largest absolute Gasteiger partial charge is 0.467 e. The number of hydrogen-bond donors (Lipinski definition) is 2. The van der Waals surface area contributed by atoms with E-state index in [0.717, 1.165) is 7.11 Å². The molecule has 0 aliphatic carbocycles. The van der Waals surface area contributed by atoms with Crippen molar-refractivity contribution >= 4 is 22.6 Å². The standard InChI is InChI=1S/C15H14FNO4/c1-21-15(20)13(18)8-17-14(19)11-6-7-12(16)10-5-3-2-4-9(10)11/h2-7,13,18H,8H2,1H3,(H,17,19). The quantitative estimate of drug-likeness (QED) is 0.831. The van der Waals surface area contributed by atoms with Crippen LogP contribution in [0.4, 0.5) is 4.39 Å². The minimum Gasteiger partial charge on any atom is -0.467 e. The van der Waals surface area contributed by atoms with Crippen LogP contribution >= 0.6 is 0 Å². The number of carbonyl (C=O) groups is 2. The number of methoxy groups -OCH3 is 1. The second kappa shape index (κ2) is 6.32. The Morgan fingerprint density at radius 1 is 1.24 bits per heavy atom. The van der Waals surface area contributed by atoms with Gasteiger partial charge in [0.1, 0.15) is 5.82 Å². The fraction of sp³-hybridized carbons (Fsp3) is 0.200. The smallest absolute Gasteiger partial charge is 0.336 e. The van der Waals surface area contributed by atoms with E-state index >= 15 is 0 Å². The zero-order chi connectivity index (χ0) is 15.4. The average Bonchev–Trinajstić information content (AvgIpc) is 2.52. The molecule has 6 heteroatoms. The van der Waals surface area contributed by atoms with Crippen LogP contribution in [0.5, 0.6) is 0 Å². The van der Waals surface area contributed by atoms with Crippen molar-refractivity contribution in [3.63, 3.8) is 0 Å². The molecule has 2 aromatic rings. The van der Waals surface area contributed by atoms with Crippen molar-refractivity contribution < 1.29 is 23.8 Å². The summed E-state index contributed by atoms with van der Waals surface area (Å²) in [6.07, 6.45) is -1.44. The summed E-state index contributed by atoms with van der Waals surface area (Å²) in [4.78, 5) is 23.1. The van der Waals surface area contributed by atoms with E-state index in [1.54, 1.807) is 24.3 Å². The molecular formula is C15H14FNO4. The lowest BCUT2D eigenvalue weighted by Gasteiger charge is -2.11. The van der Waals surface area contributed by atoms with Crippen molar-refractivity contribution in [3.05, 3.63) is 47.8 Å². The molecule has 1 amide bonds. The van der Waals surface area contributed by atoms with Crippen LogP contribution in [0.15, 0.2) is 36.4 Å². The number of carbonyl (C=O) groups excluding carboxylic acids is 2. The Hall–Kier alpha value is -2.47. The van der Waals surface area contributed by atoms with Gasteiger partial charge in [-0.25, -0.2) is 9.18 Å². The molecule has 2 rings (SSSR count). The lowest BCUT2D eigenvalue weighted by molar-refractivity contribution is -0.149. The number of fused-ring (bicyclic) bond motifs is 1. The van der Waals surface area contributed by atoms with Crippen molar-refractivity contribution in [1.29, 1.82) is 0 Å². The second-order valence-electron chi connectivity index (χ2n) is 4.39. The fourth-order valence-corrected chi connectivity index (χ4v) is 1.96. The highest BCUT2D eigenvalue weighted by Crippen LogP contribution is 2.21. The third kappa shape index (κ3) is 3.17. The summed E-state index contributed by atoms with van der Waals surface area (Å²) >= 11 is 0. The van der Waals surface area contributed by atoms with Crippen molar-refractivity contribution in [2.75, 3.05) is 13.7 Å². The van der Waals surface area contributed by atoms with E-state index in [0.29, 0.717) is 10.8 Å². The third-order valence-electron chi connectivity index (χ3n) is 3.04. The van der Waals surface area contributed by atoms with E-state index < -0.39 is 23.8 Å². The molecule has 0 bridgehead atoms. The molecule has 110 valence electrons. The molecule has 2 aromatic carbocycles. The van der Waals surface area contributed by atoms with Crippen LogP contribution in [0.2, 0.25) is 0 Å². The van der Waals surface area contributed by atoms with E-state index in [1.165, 1.54) is 12.1 Å². The maximum Gasteiger partial charge on any atom is 0.336 e. The lowest BCUT2D eigenvalue weighted by atomic mass is 10.0. The Balaban J connectivity index is 2.21. The van der Waals surface area contributed by atoms with Gasteiger partial charge in [-0.15, -0.1) is 0 Å². The van der Waals surface area contributed by atoms with Gasteiger partial charge in [0.15, 0.2) is 6.10 Å². The SMILES string of the molecule is COC(=O)C(O)CNC(=O)c1ccc(F)c2ccccc12. The Labute approximate surface area is 120 Å². The molecule has 1 atom stereocenters. The molecule has 5 nitrogen and oxygen atoms in total. The van der Waals surface area contributed by atoms with Gasteiger partial charge in [-0.3, -0.25) is 4.79 Å². The Bertz CT molecular complexity index is 686. The summed E-state index contributed by atoms with van der Waals surface area (Å²) < 4.78 is 18.0. The predicted octanol–water partition coefficient (Wildman–Crippen LogP) is 1.24. The number of hydrogen-bond acceptors (Lipinski definition) is 4. The molecule has 0 saturated heterocycles. The Morgan fingerprint density at radius 3 is 2.57 bits per heavy atom. The molecule has 21 heavy (non-hydrogen) atoms. The molecule has 0 spiro atoms. The molecule has 0 aliphatic heterocycles. The van der Waals surface area contributed by atoms with Gasteiger partial charge in [-0.05, 0) is 17.5 Å². The minimum atomic E-state index is -1.44. The summed E-state index contributed by atoms with van der Waals surface area (Å²) in [6, 6.07) is 9.14. The molecule has 0 heterocycles. The van der Waals surface area contributed by atoms with Crippen LogP contribution in [0.1, 0.15) is 10.4 Å². The number of amides is 1. The van der Waals surface area contributed by atoms with Gasteiger partial charge in [-0.2, -0.15) is 0 Å². The molecule has 0 saturated carbocycles. The maximum atomic E-state index is 13.7. The maximum absolute atomic E-state index is 13.7. The second-order valence-corrected chi connectivity index (χ2v) is 4.39. The first-order valence-corrected chi connectivity index (χ1v) is 6.26. The molecule has 0 aliphatic rings. The normalized spacial score (nSPS) is 12.0. The van der Waals surface area contributed by atoms with Crippen LogP contribution in [0.3, 0.4) is 0 Å². The summed E-state index contributed by atoms with van der Waals surface area (Å²) in [5, 5.41) is 12.6. The highest BCUT2D eigenvalue weighted by molar-refractivity contribution is 6.07. The van der Waals surface area contributed by atoms with Gasteiger partial charge in [0.25, 0.3) is 5.91 Å². The third-order valence-corrected chi connectivity index (χ3v) is 3.04. The van der Waals surface area contributed by atoms with Gasteiger partial charge in [-0.1, -0.05) is 24.3 Å². The topological polar surface area (TPSA) is 75.6 Å². The number of ether oxygens (including phenoxy) is 1. The average molecular weight is 291 g/mol. The van der Waals surface area contributed by atoms with Crippen molar-refractivity contribution in [3.8, 4) is 0 Å². The molecular weight excluding hydrogens is 277 g/mol. The number of halogens is 1. The van der Waals surface area contributed by atoms with Gasteiger partial charge < -0.3 is 15.2 Å². The van der Waals surface area contributed by atoms with E-state index in [2.05, 4.69) is 10.1 Å². The minimum absolute atomic E-state index is 0.268. The molecule has 0 radical (unpaired) electrons. The fourth-order valence-electron chi connectivity index (χ4n) is 1.96. The van der Waals surface area contributed by atoms with Crippen LogP contribution in [-0.4, -0.2) is 36.7 Å². The van der Waals surface area contributed by atoms with Crippen LogP contribution in [-0.2, 0) is 9.53 Å². The van der Waals surface area contributed by atoms with Gasteiger partial charge in [0.05, 0.1) is 13.7 Å². The summed E-state index contributed by atoms with van der Waals surface area (Å²) in [6.45, 7) is -0.281. The van der Waals surface area contributed by atoms with Gasteiger partial charge in [0, 0.05) is 10.9 Å². The zero-order valence-electron chi connectivity index (χ0n) is 11.3. The predicted molar refractivity (Wildman–Crippen MR) is 74.3 cm³/mol. The summed E-state index contributed by atoms with van der Waals surface area (Å²) in [5.41, 5.74) is 0.268. The van der Waals surface area contributed by atoms with Crippen LogP contribution < -0.4 is 5.32 Å². The molecule has 2 N–H and O–H groups in total. The zero-order valence-corrected chi connectivity index (χ0v) is 11.3. The number of rotatable bonds is 4. The van der Waals surface area contributed by atoms with E-state index in [9.17, 15) is 19.1 Å². The Kier molecular flexibility index (Phi) is 4.49. The van der Waals surface area contributed by atoms with Crippen molar-refractivity contribution in [2.24, 2.45) is 0 Å². The lowest BCUT2D eigenvalue weighted by Crippen LogP contribution is -2.37. The number of aliphatic hydroxyl groups excluding tert-OH is 1. The Morgan fingerprint density at radius 2 is 1.90 bits per heavy atom. The van der Waals surface area contributed by atoms with E-state index in [1.807, 2.05) is 0 Å². The summed E-state index contributed by atoms with van der Waals surface area (Å²) in [5.74, 6) is -1.76. The first-order chi connectivity index (χ1) is 10.0. The summed E-state index contributed by atoms with van der Waals surface area (Å²) in [7, 11) is 1.14. The monoisotopic (exact) mass is 291 g/mol. The first kappa shape index (κ1) is 14.9. The molecule has 0 fully saturated rings. The first-order valence-electron chi connectivity index (χ1n) is 6.26. The van der Waals surface area contributed by atoms with Gasteiger partial charge in [0.2, 0.25) is 0 Å². The van der Waals surface area contributed by atoms with Crippen LogP contribution in [0.25, 0.3) is 10.8 Å². The number of nitrogens with one attached hydrogen (secondary N) is 1. The molecule has 0 aromatic heterocycles. The van der Waals surface area contributed by atoms with Crippen molar-refractivity contribution in [2.45, 2.75) is 6.10 Å². The van der Waals surface area contributed by atoms with Crippen LogP contribution in [0, 0.1) is 5.82 Å². The van der Waals surface area contributed by atoms with Crippen molar-refractivity contribution in [1.82, 2.24) is 5.32 Å². The number of benzene rings is 2. The highest BCUT2D eigenvalue weighted by Gasteiger charge is 2.18. The molecule has 1 unspecified atom stereocenters. The van der Waals surface area contributed by atoms with Gasteiger partial charge >= 0.3 is 5.97 Å². The number of aliphatic hydroxyl groups is 1. The highest BCUT2D eigenvalue weighted by atomic mass is 19.1. The van der Waals surface area contributed by atoms with E-state index in [-0.39, 0.29) is 12.1 Å². The van der Waals surface area contributed by atoms with E-state index in [4.69, 9.17) is 0 Å².